The summed E-state index contributed by atoms with van der Waals surface area (Å²) in [4.78, 5) is 1.89. The minimum atomic E-state index is -0.717. The summed E-state index contributed by atoms with van der Waals surface area (Å²) >= 11 is 0. The predicted molar refractivity (Wildman–Crippen MR) is 69.0 cm³/mol. The van der Waals surface area contributed by atoms with E-state index in [4.69, 9.17) is 0 Å². The van der Waals surface area contributed by atoms with Crippen molar-refractivity contribution in [1.82, 2.24) is 0 Å². The van der Waals surface area contributed by atoms with Gasteiger partial charge in [-0.25, -0.2) is 4.39 Å². The van der Waals surface area contributed by atoms with Crippen molar-refractivity contribution in [2.24, 2.45) is 5.92 Å². The van der Waals surface area contributed by atoms with Gasteiger partial charge in [-0.05, 0) is 25.3 Å². The Balaban J connectivity index is 2.44. The highest BCUT2D eigenvalue weighted by molar-refractivity contribution is 5.57. The van der Waals surface area contributed by atoms with Crippen molar-refractivity contribution >= 4 is 5.69 Å². The van der Waals surface area contributed by atoms with E-state index >= 15 is 0 Å². The van der Waals surface area contributed by atoms with Crippen LogP contribution in [0.2, 0.25) is 0 Å². The monoisotopic (exact) mass is 253 g/mol. The Morgan fingerprint density at radius 3 is 2.83 bits per heavy atom. The number of hydrogen-bond acceptors (Lipinski definition) is 3. The second kappa shape index (κ2) is 5.24. The van der Waals surface area contributed by atoms with E-state index < -0.39 is 6.10 Å². The van der Waals surface area contributed by atoms with Gasteiger partial charge in [0.25, 0.3) is 0 Å². The van der Waals surface area contributed by atoms with Gasteiger partial charge in [-0.3, -0.25) is 0 Å². The van der Waals surface area contributed by atoms with Gasteiger partial charge in [0.15, 0.2) is 0 Å². The molecule has 100 valence electrons. The van der Waals surface area contributed by atoms with Gasteiger partial charge in [0.05, 0.1) is 24.4 Å². The normalized spacial score (nSPS) is 25.5. The molecule has 1 aromatic rings. The Labute approximate surface area is 107 Å². The van der Waals surface area contributed by atoms with E-state index in [2.05, 4.69) is 6.92 Å². The molecule has 2 rings (SSSR count). The van der Waals surface area contributed by atoms with Gasteiger partial charge in [-0.15, -0.1) is 0 Å². The molecule has 1 aliphatic rings. The van der Waals surface area contributed by atoms with Gasteiger partial charge in [-0.2, -0.15) is 0 Å². The van der Waals surface area contributed by atoms with Gasteiger partial charge in [0.1, 0.15) is 5.82 Å². The molecule has 1 heterocycles. The summed E-state index contributed by atoms with van der Waals surface area (Å²) in [6, 6.07) is 4.67. The Morgan fingerprint density at radius 2 is 2.22 bits per heavy atom. The zero-order valence-electron chi connectivity index (χ0n) is 10.8. The summed E-state index contributed by atoms with van der Waals surface area (Å²) < 4.78 is 14.1. The SMILES string of the molecule is CC(O)c1cccc(F)c1N1CCC(C)C1CO. The average molecular weight is 253 g/mol. The quantitative estimate of drug-likeness (QED) is 0.867. The maximum Gasteiger partial charge on any atom is 0.146 e. The number of anilines is 1. The molecule has 0 saturated carbocycles. The van der Waals surface area contributed by atoms with Crippen molar-refractivity contribution in [1.29, 1.82) is 0 Å². The summed E-state index contributed by atoms with van der Waals surface area (Å²) in [6.07, 6.45) is 0.213. The summed E-state index contributed by atoms with van der Waals surface area (Å²) in [7, 11) is 0. The van der Waals surface area contributed by atoms with Gasteiger partial charge in [-0.1, -0.05) is 19.1 Å². The molecule has 1 saturated heterocycles. The molecule has 3 unspecified atom stereocenters. The molecule has 4 heteroatoms. The van der Waals surface area contributed by atoms with Crippen LogP contribution in [0.4, 0.5) is 10.1 Å². The van der Waals surface area contributed by atoms with Gasteiger partial charge < -0.3 is 15.1 Å². The van der Waals surface area contributed by atoms with Crippen molar-refractivity contribution in [3.63, 3.8) is 0 Å². The number of para-hydroxylation sites is 1. The Bertz CT molecular complexity index is 422. The summed E-state index contributed by atoms with van der Waals surface area (Å²) in [5, 5.41) is 19.2. The molecule has 1 fully saturated rings. The maximum atomic E-state index is 14.1. The summed E-state index contributed by atoms with van der Waals surface area (Å²) in [5.74, 6) is -0.00240. The van der Waals surface area contributed by atoms with E-state index in [1.807, 2.05) is 4.90 Å². The van der Waals surface area contributed by atoms with Crippen LogP contribution in [0, 0.1) is 11.7 Å². The lowest BCUT2D eigenvalue weighted by molar-refractivity contribution is 0.198. The van der Waals surface area contributed by atoms with E-state index in [-0.39, 0.29) is 18.5 Å². The third kappa shape index (κ3) is 2.22. The first-order valence-corrected chi connectivity index (χ1v) is 6.40. The number of aliphatic hydroxyl groups is 2. The van der Waals surface area contributed by atoms with Crippen LogP contribution >= 0.6 is 0 Å². The molecule has 2 N–H and O–H groups in total. The van der Waals surface area contributed by atoms with Crippen molar-refractivity contribution in [2.45, 2.75) is 32.4 Å². The molecule has 0 spiro atoms. The molecule has 0 radical (unpaired) electrons. The molecule has 0 aliphatic carbocycles. The van der Waals surface area contributed by atoms with Crippen molar-refractivity contribution in [2.75, 3.05) is 18.1 Å². The van der Waals surface area contributed by atoms with Crippen LogP contribution in [0.3, 0.4) is 0 Å². The van der Waals surface area contributed by atoms with E-state index in [0.29, 0.717) is 23.7 Å². The highest BCUT2D eigenvalue weighted by atomic mass is 19.1. The number of nitrogens with zero attached hydrogens (tertiary/aromatic N) is 1. The Morgan fingerprint density at radius 1 is 1.50 bits per heavy atom. The van der Waals surface area contributed by atoms with E-state index in [1.54, 1.807) is 19.1 Å². The fourth-order valence-electron chi connectivity index (χ4n) is 2.74. The molecule has 3 nitrogen and oxygen atoms in total. The highest BCUT2D eigenvalue weighted by Crippen LogP contribution is 2.36. The highest BCUT2D eigenvalue weighted by Gasteiger charge is 2.33. The number of aliphatic hydroxyl groups excluding tert-OH is 2. The van der Waals surface area contributed by atoms with Crippen LogP contribution < -0.4 is 4.90 Å². The van der Waals surface area contributed by atoms with Crippen molar-refractivity contribution in [3.8, 4) is 0 Å². The van der Waals surface area contributed by atoms with Crippen LogP contribution in [0.5, 0.6) is 0 Å². The predicted octanol–water partition coefficient (Wildman–Crippen LogP) is 2.09. The standard InChI is InChI=1S/C14H20FNO2/c1-9-6-7-16(13(9)8-17)14-11(10(2)18)4-3-5-12(14)15/h3-5,9-10,13,17-18H,6-8H2,1-2H3. The van der Waals surface area contributed by atoms with Gasteiger partial charge >= 0.3 is 0 Å². The second-order valence-electron chi connectivity index (χ2n) is 5.06. The van der Waals surface area contributed by atoms with E-state index in [1.165, 1.54) is 6.07 Å². The molecule has 1 aliphatic heterocycles. The summed E-state index contributed by atoms with van der Waals surface area (Å²) in [5.41, 5.74) is 1.03. The number of benzene rings is 1. The molecular weight excluding hydrogens is 233 g/mol. The Hall–Kier alpha value is -1.13. The topological polar surface area (TPSA) is 43.7 Å². The lowest BCUT2D eigenvalue weighted by Gasteiger charge is -2.30. The second-order valence-corrected chi connectivity index (χ2v) is 5.06. The van der Waals surface area contributed by atoms with Crippen molar-refractivity contribution in [3.05, 3.63) is 29.6 Å². The van der Waals surface area contributed by atoms with Crippen LogP contribution in [-0.2, 0) is 0 Å². The average Bonchev–Trinajstić information content (AvgIpc) is 2.69. The molecule has 18 heavy (non-hydrogen) atoms. The molecule has 0 bridgehead atoms. The fourth-order valence-corrected chi connectivity index (χ4v) is 2.74. The van der Waals surface area contributed by atoms with E-state index in [0.717, 1.165) is 6.42 Å². The first kappa shape index (κ1) is 13.3. The van der Waals surface area contributed by atoms with Crippen LogP contribution in [-0.4, -0.2) is 29.4 Å². The molecule has 1 aromatic carbocycles. The summed E-state index contributed by atoms with van der Waals surface area (Å²) in [6.45, 7) is 4.41. The minimum Gasteiger partial charge on any atom is -0.394 e. The van der Waals surface area contributed by atoms with E-state index in [9.17, 15) is 14.6 Å². The van der Waals surface area contributed by atoms with Gasteiger partial charge in [0.2, 0.25) is 0 Å². The van der Waals surface area contributed by atoms with Crippen molar-refractivity contribution < 1.29 is 14.6 Å². The largest absolute Gasteiger partial charge is 0.394 e. The number of halogens is 1. The third-order valence-corrected chi connectivity index (χ3v) is 3.82. The third-order valence-electron chi connectivity index (χ3n) is 3.82. The number of hydrogen-bond donors (Lipinski definition) is 2. The first-order valence-electron chi connectivity index (χ1n) is 6.40. The first-order chi connectivity index (χ1) is 8.56. The number of rotatable bonds is 3. The minimum absolute atomic E-state index is 0.00868. The van der Waals surface area contributed by atoms with Crippen LogP contribution in [0.15, 0.2) is 18.2 Å². The van der Waals surface area contributed by atoms with Gasteiger partial charge in [0, 0.05) is 12.1 Å². The lowest BCUT2D eigenvalue weighted by atomic mass is 10.0. The molecule has 0 amide bonds. The lowest BCUT2D eigenvalue weighted by Crippen LogP contribution is -2.36. The van der Waals surface area contributed by atoms with Crippen LogP contribution in [0.25, 0.3) is 0 Å². The zero-order chi connectivity index (χ0) is 13.3. The molecule has 0 aromatic heterocycles. The fraction of sp³-hybridized carbons (Fsp3) is 0.571. The van der Waals surface area contributed by atoms with Crippen LogP contribution in [0.1, 0.15) is 31.9 Å². The molecule has 3 atom stereocenters. The Kier molecular flexibility index (Phi) is 3.88. The molecular formula is C14H20FNO2. The maximum absolute atomic E-state index is 14.1. The smallest absolute Gasteiger partial charge is 0.146 e. The zero-order valence-corrected chi connectivity index (χ0v) is 10.8.